The Morgan fingerprint density at radius 2 is 2.35 bits per heavy atom. The molecule has 0 saturated carbocycles. The van der Waals surface area contributed by atoms with Crippen molar-refractivity contribution in [3.63, 3.8) is 0 Å². The van der Waals surface area contributed by atoms with Crippen LogP contribution in [-0.2, 0) is 11.3 Å². The number of benzene rings is 1. The number of amides is 1. The second kappa shape index (κ2) is 6.65. The number of carbonyl (C=O) groups excluding carboxylic acids is 1. The average molecular weight is 291 g/mol. The maximum atomic E-state index is 11.9. The van der Waals surface area contributed by atoms with E-state index in [1.807, 2.05) is 0 Å². The first-order valence-electron chi connectivity index (χ1n) is 5.68. The third-order valence-electron chi connectivity index (χ3n) is 2.28. The average Bonchev–Trinajstić information content (AvgIpc) is 2.91. The van der Waals surface area contributed by atoms with Gasteiger partial charge in [0.25, 0.3) is 0 Å². The van der Waals surface area contributed by atoms with Gasteiger partial charge in [-0.25, -0.2) is 4.68 Å². The standard InChI is InChI=1S/C12H11ClN6O/c13-10-3-4-11(9(6-10)2-1-5-14)16-12(20)7-19-8-15-17-18-19/h3-4,6,8H,5,7,14H2,(H,16,20). The fourth-order valence-electron chi connectivity index (χ4n) is 1.46. The van der Waals surface area contributed by atoms with Gasteiger partial charge in [0.2, 0.25) is 5.91 Å². The Kier molecular flexibility index (Phi) is 4.65. The van der Waals surface area contributed by atoms with Crippen molar-refractivity contribution in [2.75, 3.05) is 11.9 Å². The van der Waals surface area contributed by atoms with Crippen LogP contribution in [0, 0.1) is 11.8 Å². The first-order valence-corrected chi connectivity index (χ1v) is 6.06. The molecule has 3 N–H and O–H groups in total. The highest BCUT2D eigenvalue weighted by atomic mass is 35.5. The van der Waals surface area contributed by atoms with Crippen LogP contribution in [0.2, 0.25) is 5.02 Å². The molecule has 102 valence electrons. The zero-order valence-electron chi connectivity index (χ0n) is 10.4. The molecule has 20 heavy (non-hydrogen) atoms. The van der Waals surface area contributed by atoms with Crippen LogP contribution in [0.15, 0.2) is 24.5 Å². The van der Waals surface area contributed by atoms with Gasteiger partial charge in [-0.1, -0.05) is 23.4 Å². The number of tetrazole rings is 1. The molecule has 0 bridgehead atoms. The molecular weight excluding hydrogens is 280 g/mol. The van der Waals surface area contributed by atoms with Gasteiger partial charge in [-0.05, 0) is 28.6 Å². The quantitative estimate of drug-likeness (QED) is 0.791. The summed E-state index contributed by atoms with van der Waals surface area (Å²) in [4.78, 5) is 11.9. The summed E-state index contributed by atoms with van der Waals surface area (Å²) in [5.41, 5.74) is 6.50. The van der Waals surface area contributed by atoms with Crippen LogP contribution < -0.4 is 11.1 Å². The van der Waals surface area contributed by atoms with E-state index in [1.165, 1.54) is 11.0 Å². The number of carbonyl (C=O) groups is 1. The van der Waals surface area contributed by atoms with E-state index in [-0.39, 0.29) is 19.0 Å². The first kappa shape index (κ1) is 14.0. The normalized spacial score (nSPS) is 9.70. The van der Waals surface area contributed by atoms with Crippen molar-refractivity contribution in [2.45, 2.75) is 6.54 Å². The fourth-order valence-corrected chi connectivity index (χ4v) is 1.64. The summed E-state index contributed by atoms with van der Waals surface area (Å²) in [6.45, 7) is 0.240. The Bertz CT molecular complexity index is 658. The van der Waals surface area contributed by atoms with Crippen LogP contribution >= 0.6 is 11.6 Å². The smallest absolute Gasteiger partial charge is 0.246 e. The summed E-state index contributed by atoms with van der Waals surface area (Å²) in [6, 6.07) is 5.01. The molecule has 0 atom stereocenters. The number of hydrogen-bond acceptors (Lipinski definition) is 5. The Hall–Kier alpha value is -2.43. The summed E-state index contributed by atoms with van der Waals surface area (Å²) in [5, 5.41) is 13.8. The number of nitrogens with one attached hydrogen (secondary N) is 1. The molecule has 1 amide bonds. The van der Waals surface area contributed by atoms with Gasteiger partial charge in [0.15, 0.2) is 0 Å². The lowest BCUT2D eigenvalue weighted by molar-refractivity contribution is -0.116. The van der Waals surface area contributed by atoms with Gasteiger partial charge in [-0.15, -0.1) is 5.10 Å². The summed E-state index contributed by atoms with van der Waals surface area (Å²) >= 11 is 5.91. The lowest BCUT2D eigenvalue weighted by Gasteiger charge is -2.07. The molecule has 7 nitrogen and oxygen atoms in total. The lowest BCUT2D eigenvalue weighted by Crippen LogP contribution is -2.19. The minimum absolute atomic E-state index is 0.0133. The van der Waals surface area contributed by atoms with Crippen molar-refractivity contribution in [2.24, 2.45) is 5.73 Å². The highest BCUT2D eigenvalue weighted by molar-refractivity contribution is 6.30. The molecule has 8 heteroatoms. The number of nitrogens with two attached hydrogens (primary N) is 1. The molecule has 2 rings (SSSR count). The molecule has 0 unspecified atom stereocenters. The molecule has 0 aliphatic rings. The van der Waals surface area contributed by atoms with Crippen LogP contribution in [0.3, 0.4) is 0 Å². The predicted molar refractivity (Wildman–Crippen MR) is 73.8 cm³/mol. The van der Waals surface area contributed by atoms with E-state index >= 15 is 0 Å². The Labute approximate surface area is 120 Å². The van der Waals surface area contributed by atoms with Gasteiger partial charge in [0.05, 0.1) is 12.2 Å². The van der Waals surface area contributed by atoms with E-state index in [0.29, 0.717) is 16.3 Å². The number of halogens is 1. The molecule has 1 aromatic carbocycles. The number of aromatic nitrogens is 4. The zero-order valence-corrected chi connectivity index (χ0v) is 11.1. The minimum Gasteiger partial charge on any atom is -0.323 e. The molecule has 1 heterocycles. The molecule has 0 aliphatic carbocycles. The monoisotopic (exact) mass is 290 g/mol. The molecule has 0 saturated heterocycles. The van der Waals surface area contributed by atoms with Gasteiger partial charge in [-0.3, -0.25) is 4.79 Å². The van der Waals surface area contributed by atoms with Gasteiger partial charge in [0, 0.05) is 10.6 Å². The van der Waals surface area contributed by atoms with Gasteiger partial charge in [-0.2, -0.15) is 0 Å². The van der Waals surface area contributed by atoms with Gasteiger partial charge < -0.3 is 11.1 Å². The maximum Gasteiger partial charge on any atom is 0.246 e. The number of nitrogens with zero attached hydrogens (tertiary/aromatic N) is 4. The topological polar surface area (TPSA) is 98.7 Å². The van der Waals surface area contributed by atoms with E-state index in [4.69, 9.17) is 17.3 Å². The maximum absolute atomic E-state index is 11.9. The second-order valence-corrected chi connectivity index (χ2v) is 4.19. The van der Waals surface area contributed by atoms with E-state index in [9.17, 15) is 4.79 Å². The summed E-state index contributed by atoms with van der Waals surface area (Å²) in [5.74, 6) is 5.31. The SMILES string of the molecule is NCC#Cc1cc(Cl)ccc1NC(=O)Cn1cnnn1. The molecule has 2 aromatic rings. The van der Waals surface area contributed by atoms with Crippen LogP contribution in [0.25, 0.3) is 0 Å². The molecular formula is C12H11ClN6O. The van der Waals surface area contributed by atoms with Crippen LogP contribution in [0.1, 0.15) is 5.56 Å². The Balaban J connectivity index is 2.14. The summed E-state index contributed by atoms with van der Waals surface area (Å²) in [6.07, 6.45) is 1.36. The van der Waals surface area contributed by atoms with Crippen molar-refractivity contribution in [3.8, 4) is 11.8 Å². The number of rotatable bonds is 3. The summed E-state index contributed by atoms with van der Waals surface area (Å²) in [7, 11) is 0. The van der Waals surface area contributed by atoms with E-state index < -0.39 is 0 Å². The first-order chi connectivity index (χ1) is 9.69. The largest absolute Gasteiger partial charge is 0.323 e. The number of anilines is 1. The lowest BCUT2D eigenvalue weighted by atomic mass is 10.2. The molecule has 0 fully saturated rings. The van der Waals surface area contributed by atoms with Crippen molar-refractivity contribution < 1.29 is 4.79 Å². The molecule has 0 spiro atoms. The minimum atomic E-state index is -0.268. The molecule has 0 aliphatic heterocycles. The highest BCUT2D eigenvalue weighted by Crippen LogP contribution is 2.19. The zero-order chi connectivity index (χ0) is 14.4. The van der Waals surface area contributed by atoms with Crippen LogP contribution in [-0.4, -0.2) is 32.7 Å². The van der Waals surface area contributed by atoms with E-state index in [0.717, 1.165) is 0 Å². The highest BCUT2D eigenvalue weighted by Gasteiger charge is 2.08. The third-order valence-corrected chi connectivity index (χ3v) is 2.51. The Morgan fingerprint density at radius 3 is 3.05 bits per heavy atom. The van der Waals surface area contributed by atoms with Gasteiger partial charge >= 0.3 is 0 Å². The second-order valence-electron chi connectivity index (χ2n) is 3.75. The summed E-state index contributed by atoms with van der Waals surface area (Å²) < 4.78 is 1.32. The van der Waals surface area contributed by atoms with Crippen molar-refractivity contribution in [1.29, 1.82) is 0 Å². The van der Waals surface area contributed by atoms with Crippen LogP contribution in [0.5, 0.6) is 0 Å². The van der Waals surface area contributed by atoms with E-state index in [1.54, 1.807) is 18.2 Å². The third kappa shape index (κ3) is 3.78. The number of hydrogen-bond donors (Lipinski definition) is 2. The fraction of sp³-hybridized carbons (Fsp3) is 0.167. The Morgan fingerprint density at radius 1 is 1.50 bits per heavy atom. The van der Waals surface area contributed by atoms with Gasteiger partial charge in [0.1, 0.15) is 12.9 Å². The van der Waals surface area contributed by atoms with Crippen molar-refractivity contribution in [1.82, 2.24) is 20.2 Å². The molecule has 1 aromatic heterocycles. The van der Waals surface area contributed by atoms with Crippen molar-refractivity contribution >= 4 is 23.2 Å². The predicted octanol–water partition coefficient (Wildman–Crippen LogP) is 0.275. The molecule has 0 radical (unpaired) electrons. The van der Waals surface area contributed by atoms with Crippen LogP contribution in [0.4, 0.5) is 5.69 Å². The van der Waals surface area contributed by atoms with E-state index in [2.05, 4.69) is 32.7 Å². The van der Waals surface area contributed by atoms with Crippen molar-refractivity contribution in [3.05, 3.63) is 35.1 Å².